The van der Waals surface area contributed by atoms with E-state index in [1.54, 1.807) is 0 Å². The molecule has 2 heterocycles. The van der Waals surface area contributed by atoms with Gasteiger partial charge in [-0.15, -0.1) is 0 Å². The van der Waals surface area contributed by atoms with Crippen molar-refractivity contribution in [1.29, 1.82) is 0 Å². The summed E-state index contributed by atoms with van der Waals surface area (Å²) in [6, 6.07) is 1.06. The van der Waals surface area contributed by atoms with E-state index in [0.717, 1.165) is 32.5 Å². The van der Waals surface area contributed by atoms with Gasteiger partial charge in [-0.25, -0.2) is 0 Å². The zero-order valence-corrected chi connectivity index (χ0v) is 11.6. The molecule has 0 spiro atoms. The van der Waals surface area contributed by atoms with Crippen LogP contribution in [0.15, 0.2) is 0 Å². The third kappa shape index (κ3) is 2.49. The number of rotatable bonds is 3. The van der Waals surface area contributed by atoms with Crippen LogP contribution in [0.25, 0.3) is 0 Å². The third-order valence-corrected chi connectivity index (χ3v) is 4.46. The number of hydrogen-bond acceptors (Lipinski definition) is 2. The number of hydrogen-bond donors (Lipinski definition) is 0. The Morgan fingerprint density at radius 2 is 1.88 bits per heavy atom. The monoisotopic (exact) mass is 238 g/mol. The fourth-order valence-corrected chi connectivity index (χ4v) is 3.27. The van der Waals surface area contributed by atoms with Crippen LogP contribution in [-0.2, 0) is 4.79 Å². The number of amides is 1. The van der Waals surface area contributed by atoms with Gasteiger partial charge in [-0.2, -0.15) is 0 Å². The Bertz CT molecular complexity index is 288. The Hall–Kier alpha value is -0.570. The van der Waals surface area contributed by atoms with Crippen LogP contribution in [0, 0.1) is 11.8 Å². The summed E-state index contributed by atoms with van der Waals surface area (Å²) < 4.78 is 0. The molecule has 0 aliphatic carbocycles. The van der Waals surface area contributed by atoms with Gasteiger partial charge in [0.05, 0.1) is 0 Å². The number of carbonyl (C=O) groups is 1. The summed E-state index contributed by atoms with van der Waals surface area (Å²) in [5.41, 5.74) is 0. The highest BCUT2D eigenvalue weighted by Crippen LogP contribution is 2.31. The lowest BCUT2D eigenvalue weighted by atomic mass is 9.90. The van der Waals surface area contributed by atoms with Gasteiger partial charge in [0.25, 0.3) is 0 Å². The Labute approximate surface area is 105 Å². The molecule has 0 radical (unpaired) electrons. The second-order valence-corrected chi connectivity index (χ2v) is 6.21. The fourth-order valence-electron chi connectivity index (χ4n) is 3.27. The molecule has 0 aromatic rings. The quantitative estimate of drug-likeness (QED) is 0.750. The zero-order chi connectivity index (χ0) is 12.6. The maximum absolute atomic E-state index is 11.9. The van der Waals surface area contributed by atoms with Crippen LogP contribution in [0.4, 0.5) is 0 Å². The van der Waals surface area contributed by atoms with Crippen LogP contribution in [0.5, 0.6) is 0 Å². The molecular weight excluding hydrogens is 212 g/mol. The van der Waals surface area contributed by atoms with Gasteiger partial charge >= 0.3 is 0 Å². The molecule has 1 amide bonds. The summed E-state index contributed by atoms with van der Waals surface area (Å²) in [4.78, 5) is 16.6. The first-order valence-corrected chi connectivity index (χ1v) is 7.04. The lowest BCUT2D eigenvalue weighted by Crippen LogP contribution is -2.43. The lowest BCUT2D eigenvalue weighted by Gasteiger charge is -2.30. The van der Waals surface area contributed by atoms with Crippen molar-refractivity contribution < 1.29 is 4.79 Å². The molecule has 2 unspecified atom stereocenters. The van der Waals surface area contributed by atoms with Gasteiger partial charge in [-0.05, 0) is 32.1 Å². The van der Waals surface area contributed by atoms with Crippen molar-refractivity contribution >= 4 is 5.91 Å². The van der Waals surface area contributed by atoms with Crippen LogP contribution in [-0.4, -0.2) is 47.4 Å². The maximum Gasteiger partial charge on any atom is 0.222 e. The van der Waals surface area contributed by atoms with E-state index in [0.29, 0.717) is 29.8 Å². The van der Waals surface area contributed by atoms with Crippen LogP contribution in [0.1, 0.15) is 40.5 Å². The molecule has 0 bridgehead atoms. The van der Waals surface area contributed by atoms with Crippen molar-refractivity contribution in [3.63, 3.8) is 0 Å². The molecular formula is C14H26N2O. The highest BCUT2D eigenvalue weighted by Gasteiger charge is 2.41. The van der Waals surface area contributed by atoms with Gasteiger partial charge in [0.1, 0.15) is 0 Å². The Morgan fingerprint density at radius 1 is 1.18 bits per heavy atom. The van der Waals surface area contributed by atoms with E-state index in [4.69, 9.17) is 0 Å². The largest absolute Gasteiger partial charge is 0.338 e. The maximum atomic E-state index is 11.9. The number of nitrogens with zero attached hydrogens (tertiary/aromatic N) is 2. The SMILES string of the molecule is CC(C)C1CN(C(C)C)CC1N1CCCC1=O. The van der Waals surface area contributed by atoms with Gasteiger partial charge in [-0.1, -0.05) is 13.8 Å². The van der Waals surface area contributed by atoms with E-state index >= 15 is 0 Å². The summed E-state index contributed by atoms with van der Waals surface area (Å²) in [5.74, 6) is 1.70. The minimum atomic E-state index is 0.381. The normalized spacial score (nSPS) is 31.2. The summed E-state index contributed by atoms with van der Waals surface area (Å²) >= 11 is 0. The van der Waals surface area contributed by atoms with Crippen LogP contribution in [0.2, 0.25) is 0 Å². The molecule has 3 heteroatoms. The van der Waals surface area contributed by atoms with Gasteiger partial charge < -0.3 is 4.90 Å². The molecule has 2 atom stereocenters. The third-order valence-electron chi connectivity index (χ3n) is 4.46. The molecule has 3 nitrogen and oxygen atoms in total. The molecule has 2 fully saturated rings. The van der Waals surface area contributed by atoms with Crippen molar-refractivity contribution in [2.45, 2.75) is 52.6 Å². The minimum Gasteiger partial charge on any atom is -0.338 e. The van der Waals surface area contributed by atoms with Crippen molar-refractivity contribution in [3.05, 3.63) is 0 Å². The second kappa shape index (κ2) is 4.97. The van der Waals surface area contributed by atoms with E-state index < -0.39 is 0 Å². The Kier molecular flexibility index (Phi) is 3.76. The van der Waals surface area contributed by atoms with Crippen molar-refractivity contribution in [3.8, 4) is 0 Å². The van der Waals surface area contributed by atoms with Crippen molar-refractivity contribution in [2.75, 3.05) is 19.6 Å². The molecule has 98 valence electrons. The van der Waals surface area contributed by atoms with Gasteiger partial charge in [0.2, 0.25) is 5.91 Å². The molecule has 2 aliphatic heterocycles. The molecule has 0 saturated carbocycles. The lowest BCUT2D eigenvalue weighted by molar-refractivity contribution is -0.130. The number of carbonyl (C=O) groups excluding carboxylic acids is 1. The molecule has 2 aliphatic rings. The molecule has 17 heavy (non-hydrogen) atoms. The molecule has 2 saturated heterocycles. The van der Waals surface area contributed by atoms with E-state index in [9.17, 15) is 4.79 Å². The van der Waals surface area contributed by atoms with E-state index in [1.807, 2.05) is 0 Å². The molecule has 0 aromatic carbocycles. The van der Waals surface area contributed by atoms with Crippen LogP contribution in [0.3, 0.4) is 0 Å². The predicted molar refractivity (Wildman–Crippen MR) is 69.8 cm³/mol. The Morgan fingerprint density at radius 3 is 2.35 bits per heavy atom. The zero-order valence-electron chi connectivity index (χ0n) is 11.6. The standard InChI is InChI=1S/C14H26N2O/c1-10(2)12-8-15(11(3)4)9-13(12)16-7-5-6-14(16)17/h10-13H,5-9H2,1-4H3. The first-order chi connectivity index (χ1) is 8.00. The topological polar surface area (TPSA) is 23.6 Å². The molecule has 2 rings (SSSR count). The van der Waals surface area contributed by atoms with Gasteiger partial charge in [-0.3, -0.25) is 9.69 Å². The van der Waals surface area contributed by atoms with Gasteiger partial charge in [0, 0.05) is 38.1 Å². The summed E-state index contributed by atoms with van der Waals surface area (Å²) in [5, 5.41) is 0. The average Bonchev–Trinajstić information content (AvgIpc) is 2.82. The van der Waals surface area contributed by atoms with E-state index in [2.05, 4.69) is 37.5 Å². The van der Waals surface area contributed by atoms with E-state index in [1.165, 1.54) is 0 Å². The molecule has 0 aromatic heterocycles. The predicted octanol–water partition coefficient (Wildman–Crippen LogP) is 1.97. The highest BCUT2D eigenvalue weighted by atomic mass is 16.2. The average molecular weight is 238 g/mol. The smallest absolute Gasteiger partial charge is 0.222 e. The summed E-state index contributed by atoms with van der Waals surface area (Å²) in [7, 11) is 0. The van der Waals surface area contributed by atoms with Gasteiger partial charge in [0.15, 0.2) is 0 Å². The summed E-state index contributed by atoms with van der Waals surface area (Å²) in [6.45, 7) is 12.3. The number of likely N-dealkylation sites (tertiary alicyclic amines) is 2. The second-order valence-electron chi connectivity index (χ2n) is 6.21. The van der Waals surface area contributed by atoms with Crippen LogP contribution >= 0.6 is 0 Å². The minimum absolute atomic E-state index is 0.381. The molecule has 0 N–H and O–H groups in total. The fraction of sp³-hybridized carbons (Fsp3) is 0.929. The summed E-state index contributed by atoms with van der Waals surface area (Å²) in [6.07, 6.45) is 1.82. The highest BCUT2D eigenvalue weighted by molar-refractivity contribution is 5.78. The first kappa shape index (κ1) is 12.9. The first-order valence-electron chi connectivity index (χ1n) is 7.04. The van der Waals surface area contributed by atoms with Crippen molar-refractivity contribution in [1.82, 2.24) is 9.80 Å². The van der Waals surface area contributed by atoms with Crippen LogP contribution < -0.4 is 0 Å². The van der Waals surface area contributed by atoms with Crippen molar-refractivity contribution in [2.24, 2.45) is 11.8 Å². The Balaban J connectivity index is 2.10. The van der Waals surface area contributed by atoms with E-state index in [-0.39, 0.29) is 0 Å².